The average molecular weight is 437 g/mol. The molecule has 1 aliphatic heterocycles. The SMILES string of the molecule is CCOC(=O)C1Cc2cc(OC)ccc2N1C(=O)CCc1nc(-c2ccc(O)cc2)no1. The molecule has 4 rings (SSSR count). The molecule has 9 heteroatoms. The molecular weight excluding hydrogens is 414 g/mol. The Morgan fingerprint density at radius 3 is 2.72 bits per heavy atom. The zero-order valence-electron chi connectivity index (χ0n) is 17.8. The van der Waals surface area contributed by atoms with Gasteiger partial charge in [0.2, 0.25) is 17.6 Å². The summed E-state index contributed by atoms with van der Waals surface area (Å²) in [5, 5.41) is 13.3. The van der Waals surface area contributed by atoms with E-state index in [9.17, 15) is 14.7 Å². The second kappa shape index (κ2) is 9.09. The summed E-state index contributed by atoms with van der Waals surface area (Å²) in [5.41, 5.74) is 2.21. The summed E-state index contributed by atoms with van der Waals surface area (Å²) in [7, 11) is 1.57. The van der Waals surface area contributed by atoms with Crippen LogP contribution in [0, 0.1) is 0 Å². The molecular formula is C23H23N3O6. The van der Waals surface area contributed by atoms with Crippen molar-refractivity contribution in [3.8, 4) is 22.9 Å². The van der Waals surface area contributed by atoms with Gasteiger partial charge in [-0.15, -0.1) is 0 Å². The highest BCUT2D eigenvalue weighted by atomic mass is 16.5. The number of phenols is 1. The van der Waals surface area contributed by atoms with Crippen molar-refractivity contribution in [1.29, 1.82) is 0 Å². The van der Waals surface area contributed by atoms with Crippen LogP contribution >= 0.6 is 0 Å². The number of aromatic hydroxyl groups is 1. The molecule has 0 radical (unpaired) electrons. The summed E-state index contributed by atoms with van der Waals surface area (Å²) in [5.74, 6) is 0.800. The van der Waals surface area contributed by atoms with E-state index in [1.54, 1.807) is 38.3 Å². The number of hydrogen-bond donors (Lipinski definition) is 1. The lowest BCUT2D eigenvalue weighted by Crippen LogP contribution is -2.44. The molecule has 0 saturated carbocycles. The van der Waals surface area contributed by atoms with Gasteiger partial charge in [0.1, 0.15) is 17.5 Å². The Morgan fingerprint density at radius 2 is 2.00 bits per heavy atom. The molecule has 0 aliphatic carbocycles. The summed E-state index contributed by atoms with van der Waals surface area (Å²) in [6.07, 6.45) is 0.669. The highest BCUT2D eigenvalue weighted by Crippen LogP contribution is 2.36. The van der Waals surface area contributed by atoms with Gasteiger partial charge in [0, 0.05) is 30.5 Å². The summed E-state index contributed by atoms with van der Waals surface area (Å²) >= 11 is 0. The molecule has 1 aromatic heterocycles. The molecule has 1 N–H and O–H groups in total. The number of anilines is 1. The predicted molar refractivity (Wildman–Crippen MR) is 114 cm³/mol. The first-order valence-corrected chi connectivity index (χ1v) is 10.3. The maximum Gasteiger partial charge on any atom is 0.329 e. The number of phenolic OH excluding ortho intramolecular Hbond substituents is 1. The van der Waals surface area contributed by atoms with Gasteiger partial charge in [-0.1, -0.05) is 5.16 Å². The largest absolute Gasteiger partial charge is 0.508 e. The van der Waals surface area contributed by atoms with Crippen LogP contribution in [0.3, 0.4) is 0 Å². The second-order valence-electron chi connectivity index (χ2n) is 7.29. The van der Waals surface area contributed by atoms with Crippen LogP contribution in [0.2, 0.25) is 0 Å². The number of esters is 1. The molecule has 1 amide bonds. The van der Waals surface area contributed by atoms with Crippen molar-refractivity contribution in [1.82, 2.24) is 10.1 Å². The number of aryl methyl sites for hydroxylation is 1. The van der Waals surface area contributed by atoms with Crippen LogP contribution in [0.1, 0.15) is 24.8 Å². The van der Waals surface area contributed by atoms with Gasteiger partial charge >= 0.3 is 5.97 Å². The first kappa shape index (κ1) is 21.4. The van der Waals surface area contributed by atoms with E-state index in [4.69, 9.17) is 14.0 Å². The van der Waals surface area contributed by atoms with Crippen LogP contribution in [0.25, 0.3) is 11.4 Å². The number of methoxy groups -OCH3 is 1. The quantitative estimate of drug-likeness (QED) is 0.561. The normalized spacial score (nSPS) is 14.8. The van der Waals surface area contributed by atoms with Crippen molar-refractivity contribution in [2.45, 2.75) is 32.2 Å². The maximum atomic E-state index is 13.1. The summed E-state index contributed by atoms with van der Waals surface area (Å²) < 4.78 is 15.7. The third kappa shape index (κ3) is 4.27. The molecule has 1 unspecified atom stereocenters. The Labute approximate surface area is 184 Å². The number of aromatic nitrogens is 2. The molecule has 0 spiro atoms. The van der Waals surface area contributed by atoms with Crippen LogP contribution in [0.15, 0.2) is 47.0 Å². The number of carbonyl (C=O) groups is 2. The number of fused-ring (bicyclic) bond motifs is 1. The van der Waals surface area contributed by atoms with E-state index in [1.165, 1.54) is 17.0 Å². The third-order valence-corrected chi connectivity index (χ3v) is 5.24. The lowest BCUT2D eigenvalue weighted by Gasteiger charge is -2.24. The molecule has 0 bridgehead atoms. The van der Waals surface area contributed by atoms with Crippen molar-refractivity contribution in [3.05, 3.63) is 53.9 Å². The van der Waals surface area contributed by atoms with Crippen LogP contribution in [-0.2, 0) is 27.2 Å². The number of nitrogens with zero attached hydrogens (tertiary/aromatic N) is 3. The second-order valence-corrected chi connectivity index (χ2v) is 7.29. The Hall–Kier alpha value is -3.88. The smallest absolute Gasteiger partial charge is 0.329 e. The first-order valence-electron chi connectivity index (χ1n) is 10.3. The van der Waals surface area contributed by atoms with Gasteiger partial charge in [-0.2, -0.15) is 4.98 Å². The van der Waals surface area contributed by atoms with Crippen molar-refractivity contribution in [3.63, 3.8) is 0 Å². The maximum absolute atomic E-state index is 13.1. The van der Waals surface area contributed by atoms with Crippen LogP contribution in [0.5, 0.6) is 11.5 Å². The lowest BCUT2D eigenvalue weighted by atomic mass is 10.1. The molecule has 2 heterocycles. The van der Waals surface area contributed by atoms with Crippen molar-refractivity contribution in [2.24, 2.45) is 0 Å². The summed E-state index contributed by atoms with van der Waals surface area (Å²) in [4.78, 5) is 31.5. The molecule has 0 fully saturated rings. The average Bonchev–Trinajstić information content (AvgIpc) is 3.42. The molecule has 9 nitrogen and oxygen atoms in total. The Balaban J connectivity index is 1.50. The highest BCUT2D eigenvalue weighted by Gasteiger charge is 2.39. The van der Waals surface area contributed by atoms with E-state index < -0.39 is 12.0 Å². The topological polar surface area (TPSA) is 115 Å². The molecule has 166 valence electrons. The standard InChI is InChI=1S/C23H23N3O6/c1-3-31-23(29)19-13-15-12-17(30-2)8-9-18(15)26(19)21(28)11-10-20-24-22(25-32-20)14-4-6-16(27)7-5-14/h4-9,12,19,27H,3,10-11,13H2,1-2H3. The van der Waals surface area contributed by atoms with Gasteiger partial charge in [-0.25, -0.2) is 4.79 Å². The summed E-state index contributed by atoms with van der Waals surface area (Å²) in [6, 6.07) is 11.1. The molecule has 32 heavy (non-hydrogen) atoms. The van der Waals surface area contributed by atoms with Crippen molar-refractivity contribution in [2.75, 3.05) is 18.6 Å². The monoisotopic (exact) mass is 437 g/mol. The van der Waals surface area contributed by atoms with Gasteiger partial charge in [0.05, 0.1) is 13.7 Å². The molecule has 1 aliphatic rings. The van der Waals surface area contributed by atoms with Crippen molar-refractivity contribution >= 4 is 17.6 Å². The number of ether oxygens (including phenoxy) is 2. The third-order valence-electron chi connectivity index (χ3n) is 5.24. The number of amides is 1. The number of rotatable bonds is 7. The number of carbonyl (C=O) groups excluding carboxylic acids is 2. The fraction of sp³-hybridized carbons (Fsp3) is 0.304. The number of hydrogen-bond acceptors (Lipinski definition) is 8. The van der Waals surface area contributed by atoms with E-state index in [-0.39, 0.29) is 31.1 Å². The predicted octanol–water partition coefficient (Wildman–Crippen LogP) is 2.90. The van der Waals surface area contributed by atoms with Gasteiger partial charge in [-0.3, -0.25) is 9.69 Å². The van der Waals surface area contributed by atoms with E-state index in [1.807, 2.05) is 6.07 Å². The van der Waals surface area contributed by atoms with Crippen LogP contribution in [0.4, 0.5) is 5.69 Å². The minimum Gasteiger partial charge on any atom is -0.508 e. The van der Waals surface area contributed by atoms with E-state index in [0.717, 1.165) is 5.56 Å². The Bertz CT molecular complexity index is 1130. The van der Waals surface area contributed by atoms with Crippen molar-refractivity contribution < 1.29 is 28.7 Å². The Kier molecular flexibility index (Phi) is 6.07. The van der Waals surface area contributed by atoms with E-state index in [2.05, 4.69) is 10.1 Å². The summed E-state index contributed by atoms with van der Waals surface area (Å²) in [6.45, 7) is 1.97. The zero-order valence-corrected chi connectivity index (χ0v) is 17.8. The Morgan fingerprint density at radius 1 is 1.22 bits per heavy atom. The zero-order chi connectivity index (χ0) is 22.7. The molecule has 0 saturated heterocycles. The minimum atomic E-state index is -0.722. The van der Waals surface area contributed by atoms with Gasteiger partial charge in [0.25, 0.3) is 0 Å². The molecule has 2 aromatic carbocycles. The number of benzene rings is 2. The molecule has 1 atom stereocenters. The van der Waals surface area contributed by atoms with Gasteiger partial charge in [0.15, 0.2) is 0 Å². The van der Waals surface area contributed by atoms with Crippen LogP contribution < -0.4 is 9.64 Å². The lowest BCUT2D eigenvalue weighted by molar-refractivity contribution is -0.145. The van der Waals surface area contributed by atoms with E-state index in [0.29, 0.717) is 35.1 Å². The fourth-order valence-electron chi connectivity index (χ4n) is 3.71. The minimum absolute atomic E-state index is 0.0819. The highest BCUT2D eigenvalue weighted by molar-refractivity contribution is 6.02. The van der Waals surface area contributed by atoms with Gasteiger partial charge < -0.3 is 19.1 Å². The van der Waals surface area contributed by atoms with E-state index >= 15 is 0 Å². The van der Waals surface area contributed by atoms with Crippen LogP contribution in [-0.4, -0.2) is 46.9 Å². The first-order chi connectivity index (χ1) is 15.5. The fourth-order valence-corrected chi connectivity index (χ4v) is 3.71. The molecule has 3 aromatic rings. The van der Waals surface area contributed by atoms with Gasteiger partial charge in [-0.05, 0) is 55.0 Å².